The molecule has 2 heterocycles. The molecular weight excluding hydrogens is 204 g/mol. The lowest BCUT2D eigenvalue weighted by Gasteiger charge is -2.10. The minimum absolute atomic E-state index is 0.224. The molecule has 5 heteroatoms. The van der Waals surface area contributed by atoms with Gasteiger partial charge in [0.15, 0.2) is 0 Å². The zero-order valence-electron chi connectivity index (χ0n) is 9.82. The van der Waals surface area contributed by atoms with Gasteiger partial charge in [-0.15, -0.1) is 10.2 Å². The molecule has 0 spiro atoms. The van der Waals surface area contributed by atoms with Crippen molar-refractivity contribution in [1.82, 2.24) is 20.1 Å². The Bertz CT molecular complexity index is 331. The molecule has 0 saturated carbocycles. The number of aliphatic hydroxyl groups is 1. The van der Waals surface area contributed by atoms with Crippen LogP contribution in [0.15, 0.2) is 0 Å². The monoisotopic (exact) mass is 224 g/mol. The van der Waals surface area contributed by atoms with Crippen LogP contribution in [0.2, 0.25) is 0 Å². The smallest absolute Gasteiger partial charge is 0.133 e. The normalized spacial score (nSPS) is 20.5. The predicted octanol–water partition coefficient (Wildman–Crippen LogP) is 0.121. The Kier molecular flexibility index (Phi) is 3.90. The van der Waals surface area contributed by atoms with Crippen LogP contribution in [0.4, 0.5) is 0 Å². The summed E-state index contributed by atoms with van der Waals surface area (Å²) in [6, 6.07) is 0. The second-order valence-electron chi connectivity index (χ2n) is 4.46. The van der Waals surface area contributed by atoms with Crippen molar-refractivity contribution in [2.24, 2.45) is 5.92 Å². The van der Waals surface area contributed by atoms with Crippen molar-refractivity contribution >= 4 is 0 Å². The minimum atomic E-state index is 0.224. The van der Waals surface area contributed by atoms with Crippen molar-refractivity contribution in [3.05, 3.63) is 11.6 Å². The zero-order chi connectivity index (χ0) is 11.4. The average Bonchev–Trinajstić information content (AvgIpc) is 2.88. The van der Waals surface area contributed by atoms with E-state index in [1.54, 1.807) is 0 Å². The van der Waals surface area contributed by atoms with Gasteiger partial charge in [0, 0.05) is 19.6 Å². The topological polar surface area (TPSA) is 63.0 Å². The first kappa shape index (κ1) is 11.5. The number of aromatic nitrogens is 3. The van der Waals surface area contributed by atoms with E-state index in [1.807, 2.05) is 6.92 Å². The molecule has 1 aliphatic rings. The van der Waals surface area contributed by atoms with E-state index in [4.69, 9.17) is 5.11 Å². The van der Waals surface area contributed by atoms with Gasteiger partial charge in [-0.3, -0.25) is 0 Å². The Balaban J connectivity index is 2.01. The van der Waals surface area contributed by atoms with E-state index in [0.29, 0.717) is 5.92 Å². The summed E-state index contributed by atoms with van der Waals surface area (Å²) in [6.45, 7) is 5.23. The van der Waals surface area contributed by atoms with Crippen molar-refractivity contribution < 1.29 is 5.11 Å². The molecule has 0 radical (unpaired) electrons. The Labute approximate surface area is 95.9 Å². The first-order valence-corrected chi connectivity index (χ1v) is 6.01. The van der Waals surface area contributed by atoms with Gasteiger partial charge in [-0.05, 0) is 38.8 Å². The van der Waals surface area contributed by atoms with Crippen LogP contribution in [0.5, 0.6) is 0 Å². The van der Waals surface area contributed by atoms with E-state index >= 15 is 0 Å². The summed E-state index contributed by atoms with van der Waals surface area (Å²) in [5.41, 5.74) is 0. The first-order chi connectivity index (χ1) is 7.81. The number of nitrogens with one attached hydrogen (secondary N) is 1. The molecule has 0 amide bonds. The number of hydrogen-bond donors (Lipinski definition) is 2. The third kappa shape index (κ3) is 2.59. The van der Waals surface area contributed by atoms with Crippen molar-refractivity contribution in [2.45, 2.75) is 32.7 Å². The lowest BCUT2D eigenvalue weighted by Crippen LogP contribution is -2.15. The lowest BCUT2D eigenvalue weighted by atomic mass is 10.0. The molecule has 5 nitrogen and oxygen atoms in total. The van der Waals surface area contributed by atoms with Gasteiger partial charge in [0.05, 0.1) is 0 Å². The number of aliphatic hydroxyl groups excluding tert-OH is 1. The Hall–Kier alpha value is -0.940. The standard InChI is InChI=1S/C11H20N4O/c1-9-13-14-11(15(9)5-2-6-16)7-10-3-4-12-8-10/h10,12,16H,2-8H2,1H3. The highest BCUT2D eigenvalue weighted by Gasteiger charge is 2.18. The van der Waals surface area contributed by atoms with Gasteiger partial charge in [0.1, 0.15) is 11.6 Å². The van der Waals surface area contributed by atoms with E-state index < -0.39 is 0 Å². The average molecular weight is 224 g/mol. The van der Waals surface area contributed by atoms with Gasteiger partial charge < -0.3 is 15.0 Å². The van der Waals surface area contributed by atoms with Gasteiger partial charge in [0.2, 0.25) is 0 Å². The largest absolute Gasteiger partial charge is 0.396 e. The Morgan fingerprint density at radius 2 is 2.38 bits per heavy atom. The van der Waals surface area contributed by atoms with Crippen molar-refractivity contribution in [3.63, 3.8) is 0 Å². The highest BCUT2D eigenvalue weighted by Crippen LogP contribution is 2.14. The molecule has 1 aliphatic heterocycles. The summed E-state index contributed by atoms with van der Waals surface area (Å²) in [6.07, 6.45) is 3.00. The van der Waals surface area contributed by atoms with E-state index in [-0.39, 0.29) is 6.61 Å². The molecule has 1 saturated heterocycles. The summed E-state index contributed by atoms with van der Waals surface area (Å²) in [5.74, 6) is 2.71. The second-order valence-corrected chi connectivity index (χ2v) is 4.46. The Morgan fingerprint density at radius 1 is 1.50 bits per heavy atom. The molecule has 1 atom stereocenters. The fourth-order valence-corrected chi connectivity index (χ4v) is 2.24. The quantitative estimate of drug-likeness (QED) is 0.746. The van der Waals surface area contributed by atoms with Gasteiger partial charge in [0.25, 0.3) is 0 Å². The summed E-state index contributed by atoms with van der Waals surface area (Å²) in [4.78, 5) is 0. The summed E-state index contributed by atoms with van der Waals surface area (Å²) in [7, 11) is 0. The van der Waals surface area contributed by atoms with Crippen LogP contribution >= 0.6 is 0 Å². The molecule has 0 bridgehead atoms. The number of aryl methyl sites for hydroxylation is 1. The Morgan fingerprint density at radius 3 is 3.06 bits per heavy atom. The predicted molar refractivity (Wildman–Crippen MR) is 61.1 cm³/mol. The van der Waals surface area contributed by atoms with Crippen LogP contribution in [-0.4, -0.2) is 39.6 Å². The van der Waals surface area contributed by atoms with Crippen molar-refractivity contribution in [1.29, 1.82) is 0 Å². The molecule has 1 fully saturated rings. The van der Waals surface area contributed by atoms with Crippen molar-refractivity contribution in [3.8, 4) is 0 Å². The molecule has 1 aromatic heterocycles. The van der Waals surface area contributed by atoms with Crippen LogP contribution in [0.3, 0.4) is 0 Å². The number of rotatable bonds is 5. The molecule has 0 aromatic carbocycles. The third-order valence-corrected chi connectivity index (χ3v) is 3.19. The van der Waals surface area contributed by atoms with Crippen molar-refractivity contribution in [2.75, 3.05) is 19.7 Å². The highest BCUT2D eigenvalue weighted by atomic mass is 16.3. The highest BCUT2D eigenvalue weighted by molar-refractivity contribution is 4.96. The van der Waals surface area contributed by atoms with Crippen LogP contribution in [0, 0.1) is 12.8 Å². The molecule has 0 aliphatic carbocycles. The molecule has 2 rings (SSSR count). The lowest BCUT2D eigenvalue weighted by molar-refractivity contribution is 0.278. The first-order valence-electron chi connectivity index (χ1n) is 6.01. The molecule has 2 N–H and O–H groups in total. The van der Waals surface area contributed by atoms with E-state index in [9.17, 15) is 0 Å². The summed E-state index contributed by atoms with van der Waals surface area (Å²) in [5, 5.41) is 20.6. The summed E-state index contributed by atoms with van der Waals surface area (Å²) < 4.78 is 2.13. The molecule has 90 valence electrons. The maximum absolute atomic E-state index is 8.87. The third-order valence-electron chi connectivity index (χ3n) is 3.19. The molecule has 16 heavy (non-hydrogen) atoms. The minimum Gasteiger partial charge on any atom is -0.396 e. The number of nitrogens with zero attached hydrogens (tertiary/aromatic N) is 3. The molecular formula is C11H20N4O. The molecule has 1 aromatic rings. The maximum atomic E-state index is 8.87. The van der Waals surface area contributed by atoms with Crippen LogP contribution in [-0.2, 0) is 13.0 Å². The maximum Gasteiger partial charge on any atom is 0.133 e. The van der Waals surface area contributed by atoms with Crippen LogP contribution in [0.25, 0.3) is 0 Å². The number of hydrogen-bond acceptors (Lipinski definition) is 4. The van der Waals surface area contributed by atoms with Gasteiger partial charge in [-0.2, -0.15) is 0 Å². The second kappa shape index (κ2) is 5.41. The van der Waals surface area contributed by atoms with Crippen LogP contribution < -0.4 is 5.32 Å². The van der Waals surface area contributed by atoms with Gasteiger partial charge in [-0.1, -0.05) is 0 Å². The zero-order valence-corrected chi connectivity index (χ0v) is 9.82. The fraction of sp³-hybridized carbons (Fsp3) is 0.818. The fourth-order valence-electron chi connectivity index (χ4n) is 2.24. The van der Waals surface area contributed by atoms with Gasteiger partial charge >= 0.3 is 0 Å². The van der Waals surface area contributed by atoms with E-state index in [1.165, 1.54) is 6.42 Å². The van der Waals surface area contributed by atoms with E-state index in [0.717, 1.165) is 44.1 Å². The SMILES string of the molecule is Cc1nnc(CC2CCNC2)n1CCCO. The van der Waals surface area contributed by atoms with Crippen LogP contribution in [0.1, 0.15) is 24.5 Å². The molecule has 1 unspecified atom stereocenters. The summed E-state index contributed by atoms with van der Waals surface area (Å²) >= 11 is 0. The van der Waals surface area contributed by atoms with Gasteiger partial charge in [-0.25, -0.2) is 0 Å². The van der Waals surface area contributed by atoms with E-state index in [2.05, 4.69) is 20.1 Å².